The SMILES string of the molecule is COCc1cccc(NCc2cc(F)c(O)c(F)c2)c1. The topological polar surface area (TPSA) is 41.5 Å². The average molecular weight is 279 g/mol. The normalized spacial score (nSPS) is 10.6. The summed E-state index contributed by atoms with van der Waals surface area (Å²) in [6, 6.07) is 9.75. The third-order valence-corrected chi connectivity index (χ3v) is 2.81. The largest absolute Gasteiger partial charge is 0.503 e. The van der Waals surface area contributed by atoms with Gasteiger partial charge in [-0.25, -0.2) is 8.78 Å². The van der Waals surface area contributed by atoms with Crippen LogP contribution in [0.1, 0.15) is 11.1 Å². The van der Waals surface area contributed by atoms with Crippen LogP contribution in [0.2, 0.25) is 0 Å². The minimum absolute atomic E-state index is 0.255. The van der Waals surface area contributed by atoms with Gasteiger partial charge in [0.1, 0.15) is 0 Å². The molecule has 0 aliphatic heterocycles. The lowest BCUT2D eigenvalue weighted by molar-refractivity contribution is 0.185. The molecule has 0 fully saturated rings. The quantitative estimate of drug-likeness (QED) is 0.881. The molecule has 2 aromatic rings. The number of halogens is 2. The van der Waals surface area contributed by atoms with E-state index in [4.69, 9.17) is 9.84 Å². The number of anilines is 1. The van der Waals surface area contributed by atoms with Crippen molar-refractivity contribution in [3.8, 4) is 5.75 Å². The van der Waals surface area contributed by atoms with Crippen molar-refractivity contribution in [2.24, 2.45) is 0 Å². The number of benzene rings is 2. The molecule has 0 atom stereocenters. The Bertz CT molecular complexity index is 579. The highest BCUT2D eigenvalue weighted by atomic mass is 19.1. The predicted molar refractivity (Wildman–Crippen MR) is 72.5 cm³/mol. The van der Waals surface area contributed by atoms with E-state index in [0.717, 1.165) is 23.4 Å². The van der Waals surface area contributed by atoms with Crippen LogP contribution in [-0.2, 0) is 17.9 Å². The predicted octanol–water partition coefficient (Wildman–Crippen LogP) is 3.43. The first kappa shape index (κ1) is 14.3. The first-order valence-corrected chi connectivity index (χ1v) is 6.09. The van der Waals surface area contributed by atoms with Crippen LogP contribution >= 0.6 is 0 Å². The lowest BCUT2D eigenvalue weighted by Crippen LogP contribution is -2.01. The molecular formula is C15H15F2NO2. The number of nitrogens with one attached hydrogen (secondary N) is 1. The monoisotopic (exact) mass is 279 g/mol. The van der Waals surface area contributed by atoms with Gasteiger partial charge in [-0.05, 0) is 35.4 Å². The number of ether oxygens (including phenoxy) is 1. The number of hydrogen-bond acceptors (Lipinski definition) is 3. The van der Waals surface area contributed by atoms with E-state index in [1.165, 1.54) is 0 Å². The van der Waals surface area contributed by atoms with Gasteiger partial charge < -0.3 is 15.2 Å². The highest BCUT2D eigenvalue weighted by molar-refractivity contribution is 5.46. The molecule has 106 valence electrons. The Kier molecular flexibility index (Phi) is 4.53. The minimum atomic E-state index is -0.963. The molecule has 3 nitrogen and oxygen atoms in total. The van der Waals surface area contributed by atoms with Gasteiger partial charge in [-0.2, -0.15) is 0 Å². The second kappa shape index (κ2) is 6.34. The number of phenolic OH excluding ortho intramolecular Hbond substituents is 1. The molecule has 2 rings (SSSR count). The lowest BCUT2D eigenvalue weighted by Gasteiger charge is -2.09. The Hall–Kier alpha value is -2.14. The summed E-state index contributed by atoms with van der Waals surface area (Å²) in [5.41, 5.74) is 2.24. The summed E-state index contributed by atoms with van der Waals surface area (Å²) in [6.45, 7) is 0.753. The molecule has 2 aromatic carbocycles. The molecule has 0 amide bonds. The number of hydrogen-bond donors (Lipinski definition) is 2. The van der Waals surface area contributed by atoms with E-state index in [9.17, 15) is 8.78 Å². The van der Waals surface area contributed by atoms with Crippen molar-refractivity contribution < 1.29 is 18.6 Å². The van der Waals surface area contributed by atoms with Gasteiger partial charge in [0.05, 0.1) is 6.61 Å². The molecule has 5 heteroatoms. The van der Waals surface area contributed by atoms with E-state index in [-0.39, 0.29) is 6.54 Å². The Morgan fingerprint density at radius 2 is 1.80 bits per heavy atom. The first-order valence-electron chi connectivity index (χ1n) is 6.09. The van der Waals surface area contributed by atoms with Crippen LogP contribution in [-0.4, -0.2) is 12.2 Å². The summed E-state index contributed by atoms with van der Waals surface area (Å²) >= 11 is 0. The van der Waals surface area contributed by atoms with E-state index in [2.05, 4.69) is 5.32 Å². The summed E-state index contributed by atoms with van der Waals surface area (Å²) in [6.07, 6.45) is 0. The number of methoxy groups -OCH3 is 1. The van der Waals surface area contributed by atoms with Gasteiger partial charge in [-0.1, -0.05) is 12.1 Å². The van der Waals surface area contributed by atoms with Crippen molar-refractivity contribution in [2.75, 3.05) is 12.4 Å². The molecule has 0 saturated heterocycles. The van der Waals surface area contributed by atoms with Crippen molar-refractivity contribution in [1.29, 1.82) is 0 Å². The minimum Gasteiger partial charge on any atom is -0.503 e. The van der Waals surface area contributed by atoms with Crippen LogP contribution in [0.25, 0.3) is 0 Å². The van der Waals surface area contributed by atoms with Crippen molar-refractivity contribution in [2.45, 2.75) is 13.2 Å². The number of aromatic hydroxyl groups is 1. The Morgan fingerprint density at radius 3 is 2.45 bits per heavy atom. The zero-order valence-electron chi connectivity index (χ0n) is 11.0. The van der Waals surface area contributed by atoms with Gasteiger partial charge in [0.15, 0.2) is 17.4 Å². The first-order chi connectivity index (χ1) is 9.60. The second-order valence-corrected chi connectivity index (χ2v) is 4.40. The van der Waals surface area contributed by atoms with Crippen LogP contribution in [0.15, 0.2) is 36.4 Å². The van der Waals surface area contributed by atoms with Gasteiger partial charge in [0.25, 0.3) is 0 Å². The summed E-state index contributed by atoms with van der Waals surface area (Å²) < 4.78 is 31.4. The van der Waals surface area contributed by atoms with Gasteiger partial charge in [-0.3, -0.25) is 0 Å². The van der Waals surface area contributed by atoms with Crippen molar-refractivity contribution in [3.63, 3.8) is 0 Å². The fourth-order valence-electron chi connectivity index (χ4n) is 1.86. The van der Waals surface area contributed by atoms with E-state index >= 15 is 0 Å². The maximum atomic E-state index is 13.2. The standard InChI is InChI=1S/C15H15F2NO2/c1-20-9-10-3-2-4-12(5-10)18-8-11-6-13(16)15(19)14(17)7-11/h2-7,18-19H,8-9H2,1H3. The molecule has 0 spiro atoms. The van der Waals surface area contributed by atoms with Crippen molar-refractivity contribution in [3.05, 3.63) is 59.2 Å². The summed E-state index contributed by atoms with van der Waals surface area (Å²) in [5.74, 6) is -2.87. The highest BCUT2D eigenvalue weighted by Crippen LogP contribution is 2.22. The van der Waals surface area contributed by atoms with E-state index in [0.29, 0.717) is 12.2 Å². The molecule has 0 radical (unpaired) electrons. The van der Waals surface area contributed by atoms with Gasteiger partial charge in [-0.15, -0.1) is 0 Å². The van der Waals surface area contributed by atoms with Crippen molar-refractivity contribution >= 4 is 5.69 Å². The van der Waals surface area contributed by atoms with Crippen LogP contribution in [0, 0.1) is 11.6 Å². The molecule has 0 aliphatic rings. The van der Waals surface area contributed by atoms with Crippen LogP contribution in [0.3, 0.4) is 0 Å². The molecule has 0 saturated carbocycles. The zero-order chi connectivity index (χ0) is 14.5. The molecule has 20 heavy (non-hydrogen) atoms. The Balaban J connectivity index is 2.07. The van der Waals surface area contributed by atoms with Gasteiger partial charge in [0.2, 0.25) is 0 Å². The average Bonchev–Trinajstić information content (AvgIpc) is 2.43. The smallest absolute Gasteiger partial charge is 0.187 e. The van der Waals surface area contributed by atoms with E-state index in [1.54, 1.807) is 7.11 Å². The summed E-state index contributed by atoms with van der Waals surface area (Å²) in [7, 11) is 1.61. The molecule has 0 aromatic heterocycles. The van der Waals surface area contributed by atoms with Gasteiger partial charge in [0, 0.05) is 19.3 Å². The lowest BCUT2D eigenvalue weighted by atomic mass is 10.1. The molecule has 0 aliphatic carbocycles. The molecule has 2 N–H and O–H groups in total. The van der Waals surface area contributed by atoms with Crippen LogP contribution < -0.4 is 5.32 Å². The molecule has 0 unspecified atom stereocenters. The summed E-state index contributed by atoms with van der Waals surface area (Å²) in [5, 5.41) is 12.1. The molecular weight excluding hydrogens is 264 g/mol. The van der Waals surface area contributed by atoms with Gasteiger partial charge >= 0.3 is 0 Å². The fourth-order valence-corrected chi connectivity index (χ4v) is 1.86. The van der Waals surface area contributed by atoms with E-state index in [1.807, 2.05) is 24.3 Å². The van der Waals surface area contributed by atoms with E-state index < -0.39 is 17.4 Å². The summed E-state index contributed by atoms with van der Waals surface area (Å²) in [4.78, 5) is 0. The Morgan fingerprint density at radius 1 is 1.10 bits per heavy atom. The van der Waals surface area contributed by atoms with Crippen molar-refractivity contribution in [1.82, 2.24) is 0 Å². The number of rotatable bonds is 5. The Labute approximate surface area is 115 Å². The second-order valence-electron chi connectivity index (χ2n) is 4.40. The maximum absolute atomic E-state index is 13.2. The fraction of sp³-hybridized carbons (Fsp3) is 0.200. The highest BCUT2D eigenvalue weighted by Gasteiger charge is 2.09. The number of phenols is 1. The maximum Gasteiger partial charge on any atom is 0.187 e. The zero-order valence-corrected chi connectivity index (χ0v) is 11.0. The third kappa shape index (κ3) is 3.45. The molecule has 0 bridgehead atoms. The third-order valence-electron chi connectivity index (χ3n) is 2.81. The van der Waals surface area contributed by atoms with Crippen LogP contribution in [0.4, 0.5) is 14.5 Å². The van der Waals surface area contributed by atoms with Crippen LogP contribution in [0.5, 0.6) is 5.75 Å². The molecule has 0 heterocycles.